The van der Waals surface area contributed by atoms with E-state index in [1.54, 1.807) is 11.3 Å². The van der Waals surface area contributed by atoms with Crippen molar-refractivity contribution in [3.05, 3.63) is 45.9 Å². The van der Waals surface area contributed by atoms with Crippen molar-refractivity contribution in [3.8, 4) is 17.0 Å². The van der Waals surface area contributed by atoms with E-state index in [1.165, 1.54) is 4.90 Å². The van der Waals surface area contributed by atoms with Crippen LogP contribution in [0.1, 0.15) is 38.4 Å². The van der Waals surface area contributed by atoms with E-state index in [0.29, 0.717) is 0 Å². The Balaban J connectivity index is 1.68. The zero-order valence-corrected chi connectivity index (χ0v) is 21.3. The van der Waals surface area contributed by atoms with Crippen LogP contribution in [0.25, 0.3) is 15.3 Å². The Morgan fingerprint density at radius 1 is 1.29 bits per heavy atom. The number of likely N-dealkylation sites (tertiary alicyclic amines) is 1. The SMILES string of the molecule is C#[N+]CC(=O)N[C@H](C(=O)N1C[C@H](O)C[C@H]1C(=O)NCc1ccc(-c2scnc2C)cc1)C(C)(C)C. The van der Waals surface area contributed by atoms with Crippen molar-refractivity contribution in [2.24, 2.45) is 5.41 Å². The topological polar surface area (TPSA) is 116 Å². The first-order valence-electron chi connectivity index (χ1n) is 11.4. The largest absolute Gasteiger partial charge is 0.391 e. The van der Waals surface area contributed by atoms with Gasteiger partial charge < -0.3 is 20.6 Å². The summed E-state index contributed by atoms with van der Waals surface area (Å²) in [4.78, 5) is 48.6. The summed E-state index contributed by atoms with van der Waals surface area (Å²) in [5.74, 6) is -1.27. The highest BCUT2D eigenvalue weighted by molar-refractivity contribution is 7.13. The molecule has 3 atom stereocenters. The van der Waals surface area contributed by atoms with Gasteiger partial charge in [0.15, 0.2) is 0 Å². The van der Waals surface area contributed by atoms with Crippen LogP contribution in [0.5, 0.6) is 0 Å². The number of aryl methyl sites for hydroxylation is 1. The Bertz CT molecular complexity index is 1120. The lowest BCUT2D eigenvalue weighted by Crippen LogP contribution is -2.58. The number of aliphatic hydroxyl groups is 1. The number of rotatable bonds is 7. The van der Waals surface area contributed by atoms with Gasteiger partial charge in [0.05, 0.1) is 22.2 Å². The highest BCUT2D eigenvalue weighted by Crippen LogP contribution is 2.28. The standard InChI is InChI=1S/C25H31N5O4S/c1-15-21(35-14-28-15)17-8-6-16(7-9-17)11-27-23(33)19-10-18(31)13-30(19)24(34)22(25(2,3)4)29-20(32)12-26-5/h5-9,14,18-19,22,31H,10-13H2,1-4H3,(H-,27,29,32,33)/p+1/t18-,19+,22-/m1/s1. The summed E-state index contributed by atoms with van der Waals surface area (Å²) in [7, 11) is 0. The minimum Gasteiger partial charge on any atom is -0.391 e. The van der Waals surface area contributed by atoms with Gasteiger partial charge in [-0.2, -0.15) is 0 Å². The molecule has 35 heavy (non-hydrogen) atoms. The fraction of sp³-hybridized carbons (Fsp3) is 0.480. The average Bonchev–Trinajstić information content (AvgIpc) is 3.40. The van der Waals surface area contributed by atoms with E-state index < -0.39 is 35.4 Å². The van der Waals surface area contributed by atoms with Crippen molar-refractivity contribution in [2.45, 2.75) is 58.8 Å². The normalized spacial score (nSPS) is 18.6. The molecular formula is C25H32N5O4S+. The fourth-order valence-corrected chi connectivity index (χ4v) is 4.88. The maximum atomic E-state index is 13.4. The number of nitrogens with zero attached hydrogens (tertiary/aromatic N) is 3. The molecule has 1 aliphatic rings. The van der Waals surface area contributed by atoms with E-state index in [0.717, 1.165) is 21.7 Å². The highest BCUT2D eigenvalue weighted by Gasteiger charge is 2.44. The smallest absolute Gasteiger partial charge is 0.339 e. The molecule has 1 saturated heterocycles. The Morgan fingerprint density at radius 3 is 2.54 bits per heavy atom. The van der Waals surface area contributed by atoms with Gasteiger partial charge in [-0.05, 0) is 23.5 Å². The van der Waals surface area contributed by atoms with Gasteiger partial charge in [0.25, 0.3) is 6.57 Å². The summed E-state index contributed by atoms with van der Waals surface area (Å²) >= 11 is 1.58. The molecule has 0 unspecified atom stereocenters. The molecule has 0 saturated carbocycles. The maximum absolute atomic E-state index is 13.4. The van der Waals surface area contributed by atoms with Crippen LogP contribution in [0.15, 0.2) is 29.8 Å². The third kappa shape index (κ3) is 6.44. The molecule has 2 aromatic rings. The third-order valence-corrected chi connectivity index (χ3v) is 6.92. The van der Waals surface area contributed by atoms with E-state index in [9.17, 15) is 19.5 Å². The van der Waals surface area contributed by atoms with Crippen LogP contribution < -0.4 is 10.6 Å². The Hall–Kier alpha value is -3.29. The first-order valence-corrected chi connectivity index (χ1v) is 12.3. The molecule has 3 rings (SSSR count). The zero-order chi connectivity index (χ0) is 25.8. The van der Waals surface area contributed by atoms with Gasteiger partial charge in [-0.3, -0.25) is 14.4 Å². The van der Waals surface area contributed by atoms with E-state index in [4.69, 9.17) is 6.57 Å². The summed E-state index contributed by atoms with van der Waals surface area (Å²) in [5.41, 5.74) is 4.13. The van der Waals surface area contributed by atoms with Crippen LogP contribution >= 0.6 is 11.3 Å². The molecule has 0 radical (unpaired) electrons. The van der Waals surface area contributed by atoms with Gasteiger partial charge in [0.1, 0.15) is 12.1 Å². The molecule has 2 heterocycles. The first-order chi connectivity index (χ1) is 16.5. The van der Waals surface area contributed by atoms with Gasteiger partial charge in [0, 0.05) is 19.5 Å². The van der Waals surface area contributed by atoms with Gasteiger partial charge >= 0.3 is 12.5 Å². The minimum absolute atomic E-state index is 0.0174. The summed E-state index contributed by atoms with van der Waals surface area (Å²) in [6, 6.07) is 6.12. The van der Waals surface area contributed by atoms with Crippen molar-refractivity contribution >= 4 is 29.1 Å². The number of aliphatic hydroxyl groups excluding tert-OH is 1. The number of carbonyl (C=O) groups is 3. The van der Waals surface area contributed by atoms with Crippen LogP contribution in [0, 0.1) is 18.9 Å². The van der Waals surface area contributed by atoms with Crippen LogP contribution in [0.3, 0.4) is 0 Å². The molecule has 0 spiro atoms. The molecule has 1 aliphatic heterocycles. The number of hydrogen-bond acceptors (Lipinski definition) is 6. The summed E-state index contributed by atoms with van der Waals surface area (Å²) in [5, 5.41) is 15.8. The molecule has 1 aromatic heterocycles. The Kier molecular flexibility index (Phi) is 8.25. The molecule has 1 fully saturated rings. The molecule has 3 N–H and O–H groups in total. The summed E-state index contributed by atoms with van der Waals surface area (Å²) in [6.45, 7) is 12.5. The highest BCUT2D eigenvalue weighted by atomic mass is 32.1. The molecule has 0 aliphatic carbocycles. The van der Waals surface area contributed by atoms with E-state index in [-0.39, 0.29) is 32.0 Å². The van der Waals surface area contributed by atoms with E-state index in [2.05, 4.69) is 20.5 Å². The number of aromatic nitrogens is 1. The predicted molar refractivity (Wildman–Crippen MR) is 135 cm³/mol. The second kappa shape index (κ2) is 11.0. The van der Waals surface area contributed by atoms with Crippen molar-refractivity contribution in [1.29, 1.82) is 0 Å². The minimum atomic E-state index is -0.903. The maximum Gasteiger partial charge on any atom is 0.339 e. The van der Waals surface area contributed by atoms with Gasteiger partial charge in [-0.1, -0.05) is 49.9 Å². The van der Waals surface area contributed by atoms with E-state index in [1.807, 2.05) is 57.5 Å². The second-order valence-corrected chi connectivity index (χ2v) is 10.6. The molecule has 9 nitrogen and oxygen atoms in total. The fourth-order valence-electron chi connectivity index (χ4n) is 4.07. The van der Waals surface area contributed by atoms with Crippen molar-refractivity contribution in [3.63, 3.8) is 0 Å². The van der Waals surface area contributed by atoms with Gasteiger partial charge in [0.2, 0.25) is 11.8 Å². The number of benzene rings is 1. The summed E-state index contributed by atoms with van der Waals surface area (Å²) in [6.07, 6.45) is -0.698. The van der Waals surface area contributed by atoms with Crippen molar-refractivity contribution in [1.82, 2.24) is 20.5 Å². The molecule has 1 aromatic carbocycles. The van der Waals surface area contributed by atoms with Crippen LogP contribution in [0.4, 0.5) is 0 Å². The number of thiazole rings is 1. The number of amides is 3. The second-order valence-electron chi connectivity index (χ2n) is 9.78. The van der Waals surface area contributed by atoms with Crippen molar-refractivity contribution < 1.29 is 19.5 Å². The molecule has 0 bridgehead atoms. The van der Waals surface area contributed by atoms with Gasteiger partial charge in [-0.25, -0.2) is 4.98 Å². The Labute approximate surface area is 209 Å². The zero-order valence-electron chi connectivity index (χ0n) is 20.4. The molecular weight excluding hydrogens is 466 g/mol. The summed E-state index contributed by atoms with van der Waals surface area (Å²) < 4.78 is 0. The van der Waals surface area contributed by atoms with Crippen LogP contribution in [-0.2, 0) is 20.9 Å². The monoisotopic (exact) mass is 498 g/mol. The molecule has 3 amide bonds. The molecule has 10 heteroatoms. The first kappa shape index (κ1) is 26.3. The predicted octanol–water partition coefficient (Wildman–Crippen LogP) is 2.19. The number of nitrogens with one attached hydrogen (secondary N) is 2. The van der Waals surface area contributed by atoms with Gasteiger partial charge in [-0.15, -0.1) is 11.3 Å². The van der Waals surface area contributed by atoms with E-state index >= 15 is 0 Å². The number of carbonyl (C=O) groups excluding carboxylic acids is 3. The number of β-amino-alcohol motifs (C(OH)–C–C–N with tert-alkyl or cyclic N) is 1. The molecule has 186 valence electrons. The Morgan fingerprint density at radius 2 is 1.97 bits per heavy atom. The lowest BCUT2D eigenvalue weighted by molar-refractivity contribution is -0.143. The van der Waals surface area contributed by atoms with Crippen molar-refractivity contribution in [2.75, 3.05) is 13.1 Å². The van der Waals surface area contributed by atoms with Crippen LogP contribution in [-0.4, -0.2) is 64.0 Å². The third-order valence-electron chi connectivity index (χ3n) is 5.95. The average molecular weight is 499 g/mol. The van der Waals surface area contributed by atoms with Crippen LogP contribution in [0.2, 0.25) is 0 Å². The lowest BCUT2D eigenvalue weighted by atomic mass is 9.85. The lowest BCUT2D eigenvalue weighted by Gasteiger charge is -2.34. The quantitative estimate of drug-likeness (QED) is 0.541. The number of hydrogen-bond donors (Lipinski definition) is 3.